The van der Waals surface area contributed by atoms with Crippen molar-refractivity contribution in [3.63, 3.8) is 0 Å². The van der Waals surface area contributed by atoms with E-state index in [0.29, 0.717) is 35.4 Å². The number of aromatic nitrogens is 1. The summed E-state index contributed by atoms with van der Waals surface area (Å²) in [5, 5.41) is 1.08. The van der Waals surface area contributed by atoms with Crippen LogP contribution in [0.15, 0.2) is 47.4 Å². The first-order valence-electron chi connectivity index (χ1n) is 11.5. The van der Waals surface area contributed by atoms with E-state index in [2.05, 4.69) is 9.88 Å². The highest BCUT2D eigenvalue weighted by molar-refractivity contribution is 7.91. The Kier molecular flexibility index (Phi) is 8.72. The Hall–Kier alpha value is -2.11. The number of fused-ring (bicyclic) bond motifs is 1. The number of rotatable bonds is 10. The van der Waals surface area contributed by atoms with Gasteiger partial charge in [-0.05, 0) is 49.2 Å². The molecule has 2 heterocycles. The number of ether oxygens (including phenoxy) is 1. The molecule has 1 fully saturated rings. The lowest BCUT2D eigenvalue weighted by molar-refractivity contribution is -0.118. The molecule has 0 N–H and O–H groups in total. The number of hydrogen-bond acceptors (Lipinski definition) is 7. The van der Waals surface area contributed by atoms with Gasteiger partial charge in [0.1, 0.15) is 11.3 Å². The molecule has 0 saturated carbocycles. The van der Waals surface area contributed by atoms with Crippen molar-refractivity contribution in [2.45, 2.75) is 24.2 Å². The normalized spacial score (nSPS) is 14.9. The first-order valence-corrected chi connectivity index (χ1v) is 14.3. The lowest BCUT2D eigenvalue weighted by atomic mass is 10.2. The van der Waals surface area contributed by atoms with E-state index in [1.165, 1.54) is 23.5 Å². The van der Waals surface area contributed by atoms with Crippen LogP contribution in [0.2, 0.25) is 5.02 Å². The van der Waals surface area contributed by atoms with Crippen LogP contribution in [0.25, 0.3) is 10.2 Å². The molecule has 0 atom stereocenters. The molecule has 1 aliphatic heterocycles. The Balaban J connectivity index is 1.43. The first kappa shape index (κ1) is 26.0. The van der Waals surface area contributed by atoms with E-state index >= 15 is 0 Å². The molecule has 1 saturated heterocycles. The van der Waals surface area contributed by atoms with Crippen molar-refractivity contribution in [3.05, 3.63) is 53.3 Å². The number of hydrogen-bond donors (Lipinski definition) is 0. The third-order valence-electron chi connectivity index (χ3n) is 5.83. The minimum absolute atomic E-state index is 0.0505. The summed E-state index contributed by atoms with van der Waals surface area (Å²) in [4.78, 5) is 21.8. The Bertz CT molecular complexity index is 1260. The fourth-order valence-electron chi connectivity index (χ4n) is 3.93. The Morgan fingerprint density at radius 1 is 1.14 bits per heavy atom. The average molecular weight is 540 g/mol. The van der Waals surface area contributed by atoms with Crippen molar-refractivity contribution in [1.29, 1.82) is 0 Å². The van der Waals surface area contributed by atoms with Gasteiger partial charge in [-0.3, -0.25) is 14.6 Å². The van der Waals surface area contributed by atoms with Gasteiger partial charge in [-0.25, -0.2) is 17.8 Å². The number of thiazole rings is 1. The quantitative estimate of drug-likeness (QED) is 0.355. The van der Waals surface area contributed by atoms with Gasteiger partial charge in [-0.1, -0.05) is 29.0 Å². The molecule has 188 valence electrons. The molecule has 0 bridgehead atoms. The van der Waals surface area contributed by atoms with Gasteiger partial charge >= 0.3 is 0 Å². The standard InChI is InChI=1S/C24H27ClFN3O4S2/c25-20-4-1-5-21-23(20)27-24(34-21)29(12-3-11-28-13-15-33-16-14-28)22(30)6-2-17-35(31,32)19-9-7-18(26)8-10-19/h1,4-5,7-10H,2-3,6,11-17H2. The summed E-state index contributed by atoms with van der Waals surface area (Å²) >= 11 is 7.69. The minimum atomic E-state index is -3.61. The van der Waals surface area contributed by atoms with Gasteiger partial charge in [0, 0.05) is 32.6 Å². The van der Waals surface area contributed by atoms with Crippen molar-refractivity contribution < 1.29 is 22.3 Å². The lowest BCUT2D eigenvalue weighted by Crippen LogP contribution is -2.39. The van der Waals surface area contributed by atoms with Gasteiger partial charge in [0.15, 0.2) is 15.0 Å². The number of carbonyl (C=O) groups is 1. The molecule has 4 rings (SSSR count). The maximum atomic E-state index is 13.2. The number of anilines is 1. The molecule has 0 unspecified atom stereocenters. The van der Waals surface area contributed by atoms with Gasteiger partial charge in [0.05, 0.1) is 33.6 Å². The van der Waals surface area contributed by atoms with E-state index in [1.54, 1.807) is 11.0 Å². The Morgan fingerprint density at radius 3 is 2.60 bits per heavy atom. The summed E-state index contributed by atoms with van der Waals surface area (Å²) in [5.74, 6) is -0.878. The topological polar surface area (TPSA) is 79.8 Å². The molecule has 35 heavy (non-hydrogen) atoms. The van der Waals surface area contributed by atoms with E-state index in [1.807, 2.05) is 12.1 Å². The highest BCUT2D eigenvalue weighted by Gasteiger charge is 2.22. The zero-order chi connectivity index (χ0) is 24.8. The second kappa shape index (κ2) is 11.7. The van der Waals surface area contributed by atoms with Gasteiger partial charge in [-0.15, -0.1) is 0 Å². The van der Waals surface area contributed by atoms with Gasteiger partial charge in [-0.2, -0.15) is 0 Å². The number of amides is 1. The van der Waals surface area contributed by atoms with Crippen molar-refractivity contribution >= 4 is 54.0 Å². The summed E-state index contributed by atoms with van der Waals surface area (Å²) in [7, 11) is -3.61. The maximum absolute atomic E-state index is 13.2. The number of morpholine rings is 1. The summed E-state index contributed by atoms with van der Waals surface area (Å²) in [6, 6.07) is 10.2. The molecular formula is C24H27ClFN3O4S2. The second-order valence-electron chi connectivity index (χ2n) is 8.31. The predicted molar refractivity (Wildman–Crippen MR) is 137 cm³/mol. The predicted octanol–water partition coefficient (Wildman–Crippen LogP) is 4.40. The molecule has 0 aliphatic carbocycles. The number of benzene rings is 2. The van der Waals surface area contributed by atoms with E-state index < -0.39 is 15.7 Å². The van der Waals surface area contributed by atoms with E-state index in [0.717, 1.165) is 42.9 Å². The zero-order valence-corrected chi connectivity index (χ0v) is 21.5. The highest BCUT2D eigenvalue weighted by Crippen LogP contribution is 2.33. The highest BCUT2D eigenvalue weighted by atomic mass is 35.5. The number of nitrogens with zero attached hydrogens (tertiary/aromatic N) is 3. The average Bonchev–Trinajstić information content (AvgIpc) is 3.28. The minimum Gasteiger partial charge on any atom is -0.379 e. The lowest BCUT2D eigenvalue weighted by Gasteiger charge is -2.27. The third-order valence-corrected chi connectivity index (χ3v) is 8.99. The summed E-state index contributed by atoms with van der Waals surface area (Å²) in [5.41, 5.74) is 0.652. The molecule has 7 nitrogen and oxygen atoms in total. The molecule has 1 amide bonds. The SMILES string of the molecule is O=C(CCCS(=O)(=O)c1ccc(F)cc1)N(CCCN1CCOCC1)c1nc2c(Cl)cccc2s1. The van der Waals surface area contributed by atoms with Crippen LogP contribution in [0.5, 0.6) is 0 Å². The molecule has 2 aromatic carbocycles. The molecule has 3 aromatic rings. The van der Waals surface area contributed by atoms with E-state index in [4.69, 9.17) is 16.3 Å². The molecular weight excluding hydrogens is 513 g/mol. The van der Waals surface area contributed by atoms with Crippen LogP contribution in [-0.2, 0) is 19.4 Å². The largest absolute Gasteiger partial charge is 0.379 e. The van der Waals surface area contributed by atoms with Crippen LogP contribution in [0, 0.1) is 5.82 Å². The second-order valence-corrected chi connectivity index (χ2v) is 11.8. The van der Waals surface area contributed by atoms with Crippen molar-refractivity contribution in [2.24, 2.45) is 0 Å². The Morgan fingerprint density at radius 2 is 1.89 bits per heavy atom. The van der Waals surface area contributed by atoms with Gasteiger partial charge in [0.25, 0.3) is 0 Å². The van der Waals surface area contributed by atoms with Crippen molar-refractivity contribution in [2.75, 3.05) is 50.0 Å². The van der Waals surface area contributed by atoms with E-state index in [-0.39, 0.29) is 29.4 Å². The van der Waals surface area contributed by atoms with Crippen LogP contribution in [0.4, 0.5) is 9.52 Å². The molecule has 1 aromatic heterocycles. The third kappa shape index (κ3) is 6.77. The van der Waals surface area contributed by atoms with Crippen LogP contribution >= 0.6 is 22.9 Å². The smallest absolute Gasteiger partial charge is 0.228 e. The maximum Gasteiger partial charge on any atom is 0.228 e. The fourth-order valence-corrected chi connectivity index (χ4v) is 6.55. The zero-order valence-electron chi connectivity index (χ0n) is 19.2. The molecule has 1 aliphatic rings. The van der Waals surface area contributed by atoms with Crippen LogP contribution < -0.4 is 4.90 Å². The Labute approximate surface area is 213 Å². The summed E-state index contributed by atoms with van der Waals surface area (Å²) in [6.07, 6.45) is 0.967. The van der Waals surface area contributed by atoms with Crippen LogP contribution in [-0.4, -0.2) is 69.4 Å². The van der Waals surface area contributed by atoms with E-state index in [9.17, 15) is 17.6 Å². The summed E-state index contributed by atoms with van der Waals surface area (Å²) in [6.45, 7) is 4.46. The number of para-hydroxylation sites is 1. The number of sulfone groups is 1. The van der Waals surface area contributed by atoms with Crippen molar-refractivity contribution in [3.8, 4) is 0 Å². The van der Waals surface area contributed by atoms with Crippen LogP contribution in [0.1, 0.15) is 19.3 Å². The molecule has 0 spiro atoms. The fraction of sp³-hybridized carbons (Fsp3) is 0.417. The van der Waals surface area contributed by atoms with Gasteiger partial charge < -0.3 is 4.74 Å². The number of carbonyl (C=O) groups excluding carboxylic acids is 1. The summed E-state index contributed by atoms with van der Waals surface area (Å²) < 4.78 is 44.6. The van der Waals surface area contributed by atoms with Crippen molar-refractivity contribution in [1.82, 2.24) is 9.88 Å². The first-order chi connectivity index (χ1) is 16.8. The van der Waals surface area contributed by atoms with Gasteiger partial charge in [0.2, 0.25) is 5.91 Å². The molecule has 0 radical (unpaired) electrons. The monoisotopic (exact) mass is 539 g/mol. The van der Waals surface area contributed by atoms with Crippen LogP contribution in [0.3, 0.4) is 0 Å². The molecule has 11 heteroatoms. The number of halogens is 2.